The molecule has 2 aliphatic rings. The molecule has 29 heavy (non-hydrogen) atoms. The van der Waals surface area contributed by atoms with Gasteiger partial charge in [-0.2, -0.15) is 0 Å². The van der Waals surface area contributed by atoms with Crippen molar-refractivity contribution in [3.05, 3.63) is 48.8 Å². The Morgan fingerprint density at radius 3 is 2.45 bits per heavy atom. The summed E-state index contributed by atoms with van der Waals surface area (Å²) in [6, 6.07) is 10.4. The molecule has 0 radical (unpaired) electrons. The number of imide groups is 1. The zero-order valence-corrected chi connectivity index (χ0v) is 15.9. The van der Waals surface area contributed by atoms with E-state index in [9.17, 15) is 14.4 Å². The van der Waals surface area contributed by atoms with E-state index in [4.69, 9.17) is 0 Å². The van der Waals surface area contributed by atoms with Gasteiger partial charge in [0.1, 0.15) is 5.54 Å². The fourth-order valence-electron chi connectivity index (χ4n) is 3.72. The maximum absolute atomic E-state index is 13.0. The summed E-state index contributed by atoms with van der Waals surface area (Å²) in [5.41, 5.74) is -0.222. The lowest BCUT2D eigenvalue weighted by Crippen LogP contribution is -2.55. The molecular weight excluding hydrogens is 372 g/mol. The highest BCUT2D eigenvalue weighted by molar-refractivity contribution is 6.07. The number of carbonyl (C=O) groups is 3. The SMILES string of the molecule is O=C(CCN1C(=O)NC2(CCN(c3ncccn3)CC2)C1=O)Nc1ccccc1. The number of amides is 4. The third-order valence-corrected chi connectivity index (χ3v) is 5.32. The monoisotopic (exact) mass is 394 g/mol. The first-order valence-electron chi connectivity index (χ1n) is 9.58. The lowest BCUT2D eigenvalue weighted by atomic mass is 9.87. The molecule has 3 heterocycles. The summed E-state index contributed by atoms with van der Waals surface area (Å²) in [5.74, 6) is 0.117. The normalized spacial score (nSPS) is 18.1. The minimum atomic E-state index is -0.904. The van der Waals surface area contributed by atoms with Crippen molar-refractivity contribution in [3.63, 3.8) is 0 Å². The molecule has 4 rings (SSSR count). The van der Waals surface area contributed by atoms with Crippen LogP contribution in [0.2, 0.25) is 0 Å². The molecule has 0 atom stereocenters. The smallest absolute Gasteiger partial charge is 0.325 e. The topological polar surface area (TPSA) is 108 Å². The third-order valence-electron chi connectivity index (χ3n) is 5.32. The van der Waals surface area contributed by atoms with Crippen LogP contribution in [-0.2, 0) is 9.59 Å². The second-order valence-electron chi connectivity index (χ2n) is 7.17. The molecule has 0 aliphatic carbocycles. The Morgan fingerprint density at radius 1 is 1.07 bits per heavy atom. The van der Waals surface area contributed by atoms with Gasteiger partial charge in [-0.3, -0.25) is 14.5 Å². The first-order valence-corrected chi connectivity index (χ1v) is 9.58. The highest BCUT2D eigenvalue weighted by atomic mass is 16.2. The molecule has 150 valence electrons. The van der Waals surface area contributed by atoms with Gasteiger partial charge >= 0.3 is 6.03 Å². The lowest BCUT2D eigenvalue weighted by molar-refractivity contribution is -0.132. The van der Waals surface area contributed by atoms with Crippen molar-refractivity contribution in [2.75, 3.05) is 29.9 Å². The molecule has 2 fully saturated rings. The van der Waals surface area contributed by atoms with Crippen LogP contribution in [0.1, 0.15) is 19.3 Å². The molecule has 1 aromatic carbocycles. The number of benzene rings is 1. The predicted octanol–water partition coefficient (Wildman–Crippen LogP) is 1.40. The van der Waals surface area contributed by atoms with E-state index in [2.05, 4.69) is 20.6 Å². The van der Waals surface area contributed by atoms with E-state index >= 15 is 0 Å². The van der Waals surface area contributed by atoms with E-state index in [0.29, 0.717) is 37.6 Å². The predicted molar refractivity (Wildman–Crippen MR) is 106 cm³/mol. The molecule has 2 N–H and O–H groups in total. The summed E-state index contributed by atoms with van der Waals surface area (Å²) in [6.07, 6.45) is 4.36. The van der Waals surface area contributed by atoms with Gasteiger partial charge < -0.3 is 15.5 Å². The Labute approximate surface area is 168 Å². The molecular formula is C20H22N6O3. The van der Waals surface area contributed by atoms with Crippen molar-refractivity contribution in [2.45, 2.75) is 24.8 Å². The van der Waals surface area contributed by atoms with Crippen LogP contribution in [0.15, 0.2) is 48.8 Å². The fraction of sp³-hybridized carbons (Fsp3) is 0.350. The van der Waals surface area contributed by atoms with Crippen LogP contribution in [0.3, 0.4) is 0 Å². The standard InChI is InChI=1S/C20H22N6O3/c27-16(23-15-5-2-1-3-6-15)7-12-26-17(28)20(24-19(26)29)8-13-25(14-9-20)18-21-10-4-11-22-18/h1-6,10-11H,7-9,12-14H2,(H,23,27)(H,24,29). The van der Waals surface area contributed by atoms with Crippen LogP contribution in [-0.4, -0.2) is 57.9 Å². The highest BCUT2D eigenvalue weighted by Gasteiger charge is 2.52. The zero-order chi connectivity index (χ0) is 20.3. The van der Waals surface area contributed by atoms with Gasteiger partial charge in [0.2, 0.25) is 11.9 Å². The van der Waals surface area contributed by atoms with Crippen LogP contribution >= 0.6 is 0 Å². The van der Waals surface area contributed by atoms with Crippen LogP contribution in [0, 0.1) is 0 Å². The number of carbonyl (C=O) groups excluding carboxylic acids is 3. The lowest BCUT2D eigenvalue weighted by Gasteiger charge is -2.37. The minimum Gasteiger partial charge on any atom is -0.341 e. The molecule has 2 aliphatic heterocycles. The van der Waals surface area contributed by atoms with Crippen LogP contribution in [0.4, 0.5) is 16.4 Å². The van der Waals surface area contributed by atoms with Gasteiger partial charge in [0, 0.05) is 44.1 Å². The van der Waals surface area contributed by atoms with Crippen molar-refractivity contribution in [1.82, 2.24) is 20.2 Å². The van der Waals surface area contributed by atoms with Gasteiger partial charge in [-0.15, -0.1) is 0 Å². The van der Waals surface area contributed by atoms with Crippen LogP contribution in [0.5, 0.6) is 0 Å². The van der Waals surface area contributed by atoms with Gasteiger partial charge in [0.05, 0.1) is 0 Å². The first kappa shape index (κ1) is 18.9. The van der Waals surface area contributed by atoms with E-state index in [0.717, 1.165) is 4.90 Å². The quantitative estimate of drug-likeness (QED) is 0.742. The zero-order valence-electron chi connectivity index (χ0n) is 15.9. The summed E-state index contributed by atoms with van der Waals surface area (Å²) < 4.78 is 0. The molecule has 4 amide bonds. The number of rotatable bonds is 5. The molecule has 9 nitrogen and oxygen atoms in total. The van der Waals surface area contributed by atoms with Gasteiger partial charge in [0.25, 0.3) is 5.91 Å². The first-order chi connectivity index (χ1) is 14.1. The average Bonchev–Trinajstić information content (AvgIpc) is 2.97. The Kier molecular flexibility index (Phi) is 5.11. The van der Waals surface area contributed by atoms with Gasteiger partial charge in [-0.05, 0) is 31.0 Å². The number of para-hydroxylation sites is 1. The molecule has 2 aromatic rings. The average molecular weight is 394 g/mol. The largest absolute Gasteiger partial charge is 0.341 e. The molecule has 0 unspecified atom stereocenters. The van der Waals surface area contributed by atoms with Crippen LogP contribution in [0.25, 0.3) is 0 Å². The van der Waals surface area contributed by atoms with Crippen molar-refractivity contribution < 1.29 is 14.4 Å². The number of nitrogens with zero attached hydrogens (tertiary/aromatic N) is 4. The maximum Gasteiger partial charge on any atom is 0.325 e. The third kappa shape index (κ3) is 3.89. The van der Waals surface area contributed by atoms with Crippen molar-refractivity contribution in [3.8, 4) is 0 Å². The number of anilines is 2. The Hall–Kier alpha value is -3.49. The number of piperidine rings is 1. The number of nitrogens with one attached hydrogen (secondary N) is 2. The Morgan fingerprint density at radius 2 is 1.76 bits per heavy atom. The van der Waals surface area contributed by atoms with Gasteiger partial charge in [-0.1, -0.05) is 18.2 Å². The van der Waals surface area contributed by atoms with E-state index < -0.39 is 11.6 Å². The highest BCUT2D eigenvalue weighted by Crippen LogP contribution is 2.30. The molecule has 2 saturated heterocycles. The van der Waals surface area contributed by atoms with Crippen molar-refractivity contribution in [1.29, 1.82) is 0 Å². The Balaban J connectivity index is 1.33. The fourth-order valence-corrected chi connectivity index (χ4v) is 3.72. The summed E-state index contributed by atoms with van der Waals surface area (Å²) in [6.45, 7) is 1.19. The number of hydrogen-bond donors (Lipinski definition) is 2. The molecule has 0 bridgehead atoms. The summed E-state index contributed by atoms with van der Waals surface area (Å²) in [4.78, 5) is 49.1. The van der Waals surface area contributed by atoms with E-state index in [-0.39, 0.29) is 24.8 Å². The van der Waals surface area contributed by atoms with Crippen LogP contribution < -0.4 is 15.5 Å². The Bertz CT molecular complexity index is 897. The van der Waals surface area contributed by atoms with E-state index in [1.807, 2.05) is 23.1 Å². The second kappa shape index (κ2) is 7.86. The number of hydrogen-bond acceptors (Lipinski definition) is 6. The summed E-state index contributed by atoms with van der Waals surface area (Å²) in [7, 11) is 0. The van der Waals surface area contributed by atoms with Crippen molar-refractivity contribution >= 4 is 29.5 Å². The molecule has 9 heteroatoms. The van der Waals surface area contributed by atoms with E-state index in [1.165, 1.54) is 0 Å². The second-order valence-corrected chi connectivity index (χ2v) is 7.17. The number of aromatic nitrogens is 2. The summed E-state index contributed by atoms with van der Waals surface area (Å²) >= 11 is 0. The van der Waals surface area contributed by atoms with E-state index in [1.54, 1.807) is 30.6 Å². The summed E-state index contributed by atoms with van der Waals surface area (Å²) in [5, 5.41) is 5.61. The molecule has 0 saturated carbocycles. The molecule has 1 spiro atoms. The minimum absolute atomic E-state index is 0.0497. The number of urea groups is 1. The maximum atomic E-state index is 13.0. The molecule has 1 aromatic heterocycles. The van der Waals surface area contributed by atoms with Gasteiger partial charge in [0.15, 0.2) is 0 Å². The van der Waals surface area contributed by atoms with Gasteiger partial charge in [-0.25, -0.2) is 14.8 Å². The van der Waals surface area contributed by atoms with Crippen molar-refractivity contribution in [2.24, 2.45) is 0 Å².